The fraction of sp³-hybridized carbons (Fsp3) is 0.684. The maximum absolute atomic E-state index is 6.72. The van der Waals surface area contributed by atoms with Crippen molar-refractivity contribution in [1.29, 1.82) is 0 Å². The second kappa shape index (κ2) is 5.40. The topological polar surface area (TPSA) is 29.3 Å². The van der Waals surface area contributed by atoms with Crippen LogP contribution in [0.2, 0.25) is 0 Å². The molecule has 21 heavy (non-hydrogen) atoms. The number of nitrogens with two attached hydrogens (primary N) is 1. The van der Waals surface area contributed by atoms with Gasteiger partial charge in [-0.05, 0) is 61.6 Å². The Labute approximate surface area is 128 Å². The first-order valence-corrected chi connectivity index (χ1v) is 8.86. The van der Waals surface area contributed by atoms with Crippen LogP contribution in [0.5, 0.6) is 0 Å². The monoisotopic (exact) mass is 284 g/mol. The normalized spacial score (nSPS) is 39.8. The Balaban J connectivity index is 1.64. The summed E-state index contributed by atoms with van der Waals surface area (Å²) in [5.41, 5.74) is 9.62. The van der Waals surface area contributed by atoms with Crippen LogP contribution in [0.3, 0.4) is 0 Å². The van der Waals surface area contributed by atoms with Gasteiger partial charge in [0.2, 0.25) is 0 Å². The van der Waals surface area contributed by atoms with Crippen LogP contribution in [0.1, 0.15) is 68.5 Å². The highest BCUT2D eigenvalue weighted by atomic mass is 15.2. The molecule has 1 aromatic rings. The SMILES string of the molecule is CC1CC(N2CCCC3CCCC32)C(N)c2ccccc21. The molecule has 1 heterocycles. The molecule has 2 heteroatoms. The molecule has 114 valence electrons. The second-order valence-electron chi connectivity index (χ2n) is 7.50. The molecule has 1 aliphatic heterocycles. The standard InChI is InChI=1S/C19H28N2/c1-13-12-18(19(20)16-9-3-2-8-15(13)16)21-11-5-7-14-6-4-10-17(14)21/h2-3,8-9,13-14,17-19H,4-7,10-12,20H2,1H3. The first-order chi connectivity index (χ1) is 10.3. The van der Waals surface area contributed by atoms with Gasteiger partial charge in [-0.3, -0.25) is 4.90 Å². The lowest BCUT2D eigenvalue weighted by molar-refractivity contribution is 0.0441. The van der Waals surface area contributed by atoms with E-state index < -0.39 is 0 Å². The summed E-state index contributed by atoms with van der Waals surface area (Å²) in [6.45, 7) is 3.65. The summed E-state index contributed by atoms with van der Waals surface area (Å²) in [6, 6.07) is 10.5. The zero-order valence-corrected chi connectivity index (χ0v) is 13.2. The highest BCUT2D eigenvalue weighted by Gasteiger charge is 2.42. The van der Waals surface area contributed by atoms with Gasteiger partial charge in [0.05, 0.1) is 0 Å². The van der Waals surface area contributed by atoms with E-state index in [1.165, 1.54) is 56.2 Å². The fourth-order valence-electron chi connectivity index (χ4n) is 5.35. The summed E-state index contributed by atoms with van der Waals surface area (Å²) in [5, 5.41) is 0. The third-order valence-electron chi connectivity index (χ3n) is 6.36. The summed E-state index contributed by atoms with van der Waals surface area (Å²) in [7, 11) is 0. The van der Waals surface area contributed by atoms with Gasteiger partial charge in [0.1, 0.15) is 0 Å². The molecule has 0 bridgehead atoms. The smallest absolute Gasteiger partial charge is 0.0456 e. The molecule has 5 unspecified atom stereocenters. The molecule has 0 amide bonds. The molecule has 3 aliphatic rings. The summed E-state index contributed by atoms with van der Waals surface area (Å²) in [4.78, 5) is 2.82. The molecule has 2 N–H and O–H groups in total. The number of benzene rings is 1. The van der Waals surface area contributed by atoms with Crippen LogP contribution in [0.25, 0.3) is 0 Å². The van der Waals surface area contributed by atoms with Crippen LogP contribution in [0, 0.1) is 5.92 Å². The minimum Gasteiger partial charge on any atom is -0.323 e. The van der Waals surface area contributed by atoms with Crippen LogP contribution in [0.15, 0.2) is 24.3 Å². The number of rotatable bonds is 1. The van der Waals surface area contributed by atoms with Gasteiger partial charge in [0, 0.05) is 18.1 Å². The van der Waals surface area contributed by atoms with Crippen LogP contribution < -0.4 is 5.73 Å². The average molecular weight is 284 g/mol. The van der Waals surface area contributed by atoms with Crippen molar-refractivity contribution in [3.63, 3.8) is 0 Å². The molecule has 0 radical (unpaired) electrons. The van der Waals surface area contributed by atoms with Gasteiger partial charge in [0.15, 0.2) is 0 Å². The number of piperidine rings is 1. The molecule has 1 aromatic carbocycles. The molecule has 2 fully saturated rings. The number of hydrogen-bond donors (Lipinski definition) is 1. The Morgan fingerprint density at radius 1 is 1.00 bits per heavy atom. The number of hydrogen-bond acceptors (Lipinski definition) is 2. The van der Waals surface area contributed by atoms with E-state index in [4.69, 9.17) is 5.73 Å². The third-order valence-corrected chi connectivity index (χ3v) is 6.36. The molecule has 1 saturated carbocycles. The quantitative estimate of drug-likeness (QED) is 0.849. The number of nitrogens with zero attached hydrogens (tertiary/aromatic N) is 1. The molecular formula is C19H28N2. The van der Waals surface area contributed by atoms with Gasteiger partial charge < -0.3 is 5.73 Å². The minimum absolute atomic E-state index is 0.205. The van der Waals surface area contributed by atoms with Crippen molar-refractivity contribution in [2.24, 2.45) is 11.7 Å². The molecule has 1 saturated heterocycles. The molecule has 0 spiro atoms. The lowest BCUT2D eigenvalue weighted by Crippen LogP contribution is -2.53. The Bertz CT molecular complexity index is 512. The van der Waals surface area contributed by atoms with E-state index >= 15 is 0 Å². The largest absolute Gasteiger partial charge is 0.323 e. The van der Waals surface area contributed by atoms with Crippen molar-refractivity contribution >= 4 is 0 Å². The predicted molar refractivity (Wildman–Crippen MR) is 87.3 cm³/mol. The lowest BCUT2D eigenvalue weighted by Gasteiger charge is -2.48. The molecule has 2 aliphatic carbocycles. The Hall–Kier alpha value is -0.860. The number of likely N-dealkylation sites (tertiary alicyclic amines) is 1. The van der Waals surface area contributed by atoms with E-state index in [1.807, 2.05) is 0 Å². The molecule has 0 aromatic heterocycles. The summed E-state index contributed by atoms with van der Waals surface area (Å²) in [5.74, 6) is 1.60. The second-order valence-corrected chi connectivity index (χ2v) is 7.50. The zero-order chi connectivity index (χ0) is 14.4. The van der Waals surface area contributed by atoms with Gasteiger partial charge in [-0.2, -0.15) is 0 Å². The summed E-state index contributed by atoms with van der Waals surface area (Å²) >= 11 is 0. The van der Waals surface area contributed by atoms with Crippen LogP contribution in [-0.4, -0.2) is 23.5 Å². The maximum Gasteiger partial charge on any atom is 0.0456 e. The number of fused-ring (bicyclic) bond motifs is 2. The third kappa shape index (κ3) is 2.24. The summed E-state index contributed by atoms with van der Waals surface area (Å²) in [6.07, 6.45) is 8.36. The van der Waals surface area contributed by atoms with Crippen molar-refractivity contribution < 1.29 is 0 Å². The summed E-state index contributed by atoms with van der Waals surface area (Å²) < 4.78 is 0. The molecule has 5 atom stereocenters. The molecule has 4 rings (SSSR count). The van der Waals surface area contributed by atoms with Gasteiger partial charge in [-0.1, -0.05) is 37.6 Å². The van der Waals surface area contributed by atoms with E-state index in [0.29, 0.717) is 12.0 Å². The van der Waals surface area contributed by atoms with Gasteiger partial charge >= 0.3 is 0 Å². The van der Waals surface area contributed by atoms with Crippen LogP contribution >= 0.6 is 0 Å². The highest BCUT2D eigenvalue weighted by molar-refractivity contribution is 5.36. The highest BCUT2D eigenvalue weighted by Crippen LogP contribution is 2.44. The minimum atomic E-state index is 0.205. The maximum atomic E-state index is 6.72. The van der Waals surface area contributed by atoms with Crippen molar-refractivity contribution in [2.75, 3.05) is 6.54 Å². The lowest BCUT2D eigenvalue weighted by atomic mass is 9.76. The molecular weight excluding hydrogens is 256 g/mol. The van der Waals surface area contributed by atoms with Crippen LogP contribution in [0.4, 0.5) is 0 Å². The van der Waals surface area contributed by atoms with E-state index in [1.54, 1.807) is 0 Å². The zero-order valence-electron chi connectivity index (χ0n) is 13.2. The van der Waals surface area contributed by atoms with Crippen molar-refractivity contribution in [3.8, 4) is 0 Å². The van der Waals surface area contributed by atoms with Crippen molar-refractivity contribution in [2.45, 2.75) is 69.5 Å². The predicted octanol–water partition coefficient (Wildman–Crippen LogP) is 3.83. The van der Waals surface area contributed by atoms with Crippen molar-refractivity contribution in [3.05, 3.63) is 35.4 Å². The van der Waals surface area contributed by atoms with Gasteiger partial charge in [-0.25, -0.2) is 0 Å². The van der Waals surface area contributed by atoms with Crippen LogP contribution in [-0.2, 0) is 0 Å². The van der Waals surface area contributed by atoms with Crippen molar-refractivity contribution in [1.82, 2.24) is 4.90 Å². The Morgan fingerprint density at radius 2 is 1.76 bits per heavy atom. The fourth-order valence-corrected chi connectivity index (χ4v) is 5.35. The molecule has 2 nitrogen and oxygen atoms in total. The average Bonchev–Trinajstić information content (AvgIpc) is 2.99. The Kier molecular flexibility index (Phi) is 3.55. The first-order valence-electron chi connectivity index (χ1n) is 8.86. The van der Waals surface area contributed by atoms with Gasteiger partial charge in [0.25, 0.3) is 0 Å². The van der Waals surface area contributed by atoms with Gasteiger partial charge in [-0.15, -0.1) is 0 Å². The van der Waals surface area contributed by atoms with E-state index in [2.05, 4.69) is 36.1 Å². The first kappa shape index (κ1) is 13.8. The Morgan fingerprint density at radius 3 is 2.62 bits per heavy atom. The van der Waals surface area contributed by atoms with E-state index in [9.17, 15) is 0 Å². The van der Waals surface area contributed by atoms with E-state index in [-0.39, 0.29) is 6.04 Å². The van der Waals surface area contributed by atoms with E-state index in [0.717, 1.165) is 12.0 Å².